The van der Waals surface area contributed by atoms with Crippen molar-refractivity contribution in [3.05, 3.63) is 28.6 Å². The van der Waals surface area contributed by atoms with E-state index in [1.165, 1.54) is 24.9 Å². The fourth-order valence-electron chi connectivity index (χ4n) is 9.99. The molecule has 16 heteroatoms. The summed E-state index contributed by atoms with van der Waals surface area (Å²) in [7, 11) is 1.35. The number of methoxy groups -OCH3 is 1. The number of hydrogen-bond acceptors (Lipinski definition) is 14. The Hall–Kier alpha value is -4.05. The van der Waals surface area contributed by atoms with Crippen LogP contribution in [0, 0.1) is 34.5 Å². The van der Waals surface area contributed by atoms with Crippen molar-refractivity contribution in [3.63, 3.8) is 0 Å². The summed E-state index contributed by atoms with van der Waals surface area (Å²) in [4.78, 5) is 67.7. The molecular formula is C47H62ClN5O9S. The quantitative estimate of drug-likeness (QED) is 0.128. The molecule has 2 aromatic heterocycles. The van der Waals surface area contributed by atoms with Gasteiger partial charge in [-0.1, -0.05) is 45.7 Å². The van der Waals surface area contributed by atoms with Crippen LogP contribution in [-0.4, -0.2) is 109 Å². The minimum Gasteiger partial charge on any atom is -0.490 e. The molecule has 1 unspecified atom stereocenters. The van der Waals surface area contributed by atoms with Gasteiger partial charge in [-0.25, -0.2) is 9.97 Å². The molecule has 5 fully saturated rings. The molecule has 2 N–H and O–H groups in total. The lowest BCUT2D eigenvalue weighted by Crippen LogP contribution is -2.48. The van der Waals surface area contributed by atoms with Gasteiger partial charge in [0.15, 0.2) is 10.9 Å². The van der Waals surface area contributed by atoms with E-state index in [1.54, 1.807) is 11.0 Å². The van der Waals surface area contributed by atoms with E-state index in [4.69, 9.17) is 45.3 Å². The molecule has 3 aromatic rings. The van der Waals surface area contributed by atoms with Crippen LogP contribution in [0.3, 0.4) is 0 Å². The summed E-state index contributed by atoms with van der Waals surface area (Å²) in [6.07, 6.45) is 3.50. The number of likely N-dealkylation sites (tertiary alicyclic amines) is 1. The number of thiazole rings is 1. The van der Waals surface area contributed by atoms with Crippen LogP contribution in [0.15, 0.2) is 23.6 Å². The first-order chi connectivity index (χ1) is 30.1. The minimum absolute atomic E-state index is 0.00542. The summed E-state index contributed by atoms with van der Waals surface area (Å²) in [5.74, 6) is 0.0884. The van der Waals surface area contributed by atoms with Crippen molar-refractivity contribution in [3.8, 4) is 22.9 Å². The molecule has 5 aliphatic rings. The molecule has 2 aliphatic heterocycles. The Bertz CT molecular complexity index is 2200. The highest BCUT2D eigenvalue weighted by Gasteiger charge is 2.62. The van der Waals surface area contributed by atoms with Crippen LogP contribution in [-0.2, 0) is 33.4 Å². The van der Waals surface area contributed by atoms with E-state index in [-0.39, 0.29) is 61.6 Å². The standard InChI is InChI=1S/C47H62ClN5O9S/c1-8-28-19-47(28,44(57)58-7)20-37(54)36-16-31(21-53(36)43(56)33(46(4,5)6)17-40(55)62-30-14-26-13-27(26)15-30)61-39-18-34(35-24-63-45(52-35)50-25(2)3)51-42-32(39)9-10-38(41(42)48)60-23-29-22-59-12-11-49-29/h9-10,18,24-31,33,36,49H,8,11-17,19-23H2,1-7H3,(H,50,52)/t26-,27+,28-,29-,30?,31-,33-,36+,47-/m1/s1. The average Bonchev–Trinajstić information content (AvgIpc) is 3.91. The normalized spacial score (nSPS) is 28.1. The summed E-state index contributed by atoms with van der Waals surface area (Å²) in [5, 5.41) is 10.3. The van der Waals surface area contributed by atoms with E-state index in [0.29, 0.717) is 76.9 Å². The number of halogens is 1. The number of pyridine rings is 1. The van der Waals surface area contributed by atoms with Crippen LogP contribution in [0.5, 0.6) is 11.5 Å². The summed E-state index contributed by atoms with van der Waals surface area (Å²) in [6.45, 7) is 14.2. The number of aromatic nitrogens is 2. The third-order valence-electron chi connectivity index (χ3n) is 13.7. The smallest absolute Gasteiger partial charge is 0.312 e. The zero-order chi connectivity index (χ0) is 44.8. The molecule has 14 nitrogen and oxygen atoms in total. The van der Waals surface area contributed by atoms with E-state index in [0.717, 1.165) is 30.9 Å². The van der Waals surface area contributed by atoms with Gasteiger partial charge < -0.3 is 39.2 Å². The average molecular weight is 909 g/mol. The summed E-state index contributed by atoms with van der Waals surface area (Å²) in [5.41, 5.74) is 0.0314. The number of rotatable bonds is 17. The molecule has 3 aliphatic carbocycles. The fourth-order valence-corrected chi connectivity index (χ4v) is 11.1. The number of nitrogens with one attached hydrogen (secondary N) is 2. The first-order valence-corrected chi connectivity index (χ1v) is 23.9. The van der Waals surface area contributed by atoms with Gasteiger partial charge in [-0.3, -0.25) is 19.2 Å². The second-order valence-electron chi connectivity index (χ2n) is 19.7. The van der Waals surface area contributed by atoms with Gasteiger partial charge in [0.2, 0.25) is 5.91 Å². The molecule has 63 heavy (non-hydrogen) atoms. The van der Waals surface area contributed by atoms with Crippen molar-refractivity contribution in [1.29, 1.82) is 0 Å². The number of Topliss-reactive ketones (excluding diaryl/α,β-unsaturated/α-hetero) is 1. The number of ether oxygens (including phenoxy) is 5. The van der Waals surface area contributed by atoms with Gasteiger partial charge in [-0.15, -0.1) is 11.3 Å². The lowest BCUT2D eigenvalue weighted by Gasteiger charge is -2.35. The Morgan fingerprint density at radius 1 is 1.06 bits per heavy atom. The van der Waals surface area contributed by atoms with Crippen molar-refractivity contribution in [2.45, 2.75) is 123 Å². The Balaban J connectivity index is 1.11. The molecule has 0 radical (unpaired) electrons. The van der Waals surface area contributed by atoms with Crippen LogP contribution in [0.4, 0.5) is 5.13 Å². The van der Waals surface area contributed by atoms with Gasteiger partial charge in [0, 0.05) is 42.3 Å². The van der Waals surface area contributed by atoms with Crippen LogP contribution >= 0.6 is 22.9 Å². The van der Waals surface area contributed by atoms with E-state index in [9.17, 15) is 19.2 Å². The van der Waals surface area contributed by atoms with Gasteiger partial charge in [0.05, 0.1) is 67.9 Å². The maximum absolute atomic E-state index is 15.0. The lowest BCUT2D eigenvalue weighted by atomic mass is 9.77. The predicted octanol–water partition coefficient (Wildman–Crippen LogP) is 7.49. The Morgan fingerprint density at radius 3 is 2.51 bits per heavy atom. The molecule has 342 valence electrons. The maximum Gasteiger partial charge on any atom is 0.312 e. The molecule has 0 spiro atoms. The number of morpholine rings is 1. The number of nitrogens with zero attached hydrogens (tertiary/aromatic N) is 3. The second-order valence-corrected chi connectivity index (χ2v) is 20.9. The third kappa shape index (κ3) is 9.96. The fraction of sp³-hybridized carbons (Fsp3) is 0.660. The molecule has 9 atom stereocenters. The minimum atomic E-state index is -0.924. The molecular weight excluding hydrogens is 846 g/mol. The second kappa shape index (κ2) is 18.4. The number of benzene rings is 1. The van der Waals surface area contributed by atoms with Crippen molar-refractivity contribution in [2.75, 3.05) is 45.3 Å². The highest BCUT2D eigenvalue weighted by Crippen LogP contribution is 2.58. The Kier molecular flexibility index (Phi) is 13.3. The molecule has 2 saturated heterocycles. The number of carbonyl (C=O) groups excluding carboxylic acids is 4. The zero-order valence-corrected chi connectivity index (χ0v) is 39.1. The van der Waals surface area contributed by atoms with Gasteiger partial charge in [-0.05, 0) is 74.8 Å². The SMILES string of the molecule is CC[C@@H]1C[C@]1(CC(=O)[C@@H]1C[C@@H](Oc2cc(-c3csc(NC(C)C)n3)nc3c(Cl)c(OC[C@H]4COCCN4)ccc23)CN1C(=O)[C@@H](CC(=O)OC1C[C@@H]2C[C@@H]2C1)C(C)(C)C)C(=O)OC. The van der Waals surface area contributed by atoms with Crippen molar-refractivity contribution < 1.29 is 42.9 Å². The van der Waals surface area contributed by atoms with E-state index >= 15 is 0 Å². The van der Waals surface area contributed by atoms with Crippen molar-refractivity contribution in [2.24, 2.45) is 34.5 Å². The Labute approximate surface area is 378 Å². The largest absolute Gasteiger partial charge is 0.490 e. The molecule has 0 bridgehead atoms. The van der Waals surface area contributed by atoms with Crippen LogP contribution in [0.25, 0.3) is 22.3 Å². The van der Waals surface area contributed by atoms with Crippen molar-refractivity contribution >= 4 is 62.6 Å². The first-order valence-electron chi connectivity index (χ1n) is 22.6. The van der Waals surface area contributed by atoms with E-state index in [1.807, 2.05) is 59.1 Å². The molecule has 1 aromatic carbocycles. The van der Waals surface area contributed by atoms with Crippen LogP contribution in [0.2, 0.25) is 5.02 Å². The predicted molar refractivity (Wildman–Crippen MR) is 240 cm³/mol. The number of fused-ring (bicyclic) bond motifs is 2. The van der Waals surface area contributed by atoms with E-state index < -0.39 is 40.8 Å². The molecule has 1 amide bonds. The number of anilines is 1. The van der Waals surface area contributed by atoms with Gasteiger partial charge in [0.25, 0.3) is 0 Å². The zero-order valence-electron chi connectivity index (χ0n) is 37.5. The maximum atomic E-state index is 15.0. The van der Waals surface area contributed by atoms with Crippen molar-refractivity contribution in [1.82, 2.24) is 20.2 Å². The first kappa shape index (κ1) is 45.5. The van der Waals surface area contributed by atoms with Gasteiger partial charge in [-0.2, -0.15) is 0 Å². The van der Waals surface area contributed by atoms with Crippen LogP contribution in [0.1, 0.15) is 92.9 Å². The number of carbonyl (C=O) groups is 4. The topological polar surface area (TPSA) is 168 Å². The molecule has 4 heterocycles. The van der Waals surface area contributed by atoms with Gasteiger partial charge >= 0.3 is 11.9 Å². The highest BCUT2D eigenvalue weighted by molar-refractivity contribution is 7.14. The van der Waals surface area contributed by atoms with Gasteiger partial charge in [0.1, 0.15) is 41.0 Å². The lowest BCUT2D eigenvalue weighted by molar-refractivity contribution is -0.157. The number of hydrogen-bond donors (Lipinski definition) is 2. The monoisotopic (exact) mass is 907 g/mol. The summed E-state index contributed by atoms with van der Waals surface area (Å²) in [6, 6.07) is 4.74. The third-order valence-corrected chi connectivity index (χ3v) is 14.8. The summed E-state index contributed by atoms with van der Waals surface area (Å²) < 4.78 is 29.9. The molecule has 8 rings (SSSR count). The van der Waals surface area contributed by atoms with Crippen LogP contribution < -0.4 is 20.1 Å². The number of ketones is 1. The van der Waals surface area contributed by atoms with E-state index in [2.05, 4.69) is 10.6 Å². The number of esters is 2. The number of amides is 1. The highest BCUT2D eigenvalue weighted by atomic mass is 35.5. The molecule has 3 saturated carbocycles. The summed E-state index contributed by atoms with van der Waals surface area (Å²) >= 11 is 8.59. The Morgan fingerprint density at radius 2 is 1.84 bits per heavy atom.